The van der Waals surface area contributed by atoms with Crippen LogP contribution in [0.2, 0.25) is 0 Å². The van der Waals surface area contributed by atoms with Crippen LogP contribution in [0.1, 0.15) is 44.9 Å². The molecule has 0 spiro atoms. The van der Waals surface area contributed by atoms with Crippen molar-refractivity contribution >= 4 is 12.3 Å². The lowest BCUT2D eigenvalue weighted by Crippen LogP contribution is -2.21. The summed E-state index contributed by atoms with van der Waals surface area (Å²) in [4.78, 5) is 21.9. The number of methoxy groups -OCH3 is 1. The van der Waals surface area contributed by atoms with Crippen LogP contribution in [0.5, 0.6) is 0 Å². The van der Waals surface area contributed by atoms with E-state index in [9.17, 15) is 9.59 Å². The number of carbonyl (C=O) groups is 2. The quantitative estimate of drug-likeness (QED) is 0.519. The molecule has 0 aromatic heterocycles. The summed E-state index contributed by atoms with van der Waals surface area (Å²) in [6.07, 6.45) is 8.20. The Balaban J connectivity index is 2.41. The molecular formula is C12H20O3. The van der Waals surface area contributed by atoms with Gasteiger partial charge in [-0.25, -0.2) is 0 Å². The van der Waals surface area contributed by atoms with E-state index in [1.807, 2.05) is 0 Å². The molecule has 0 aliphatic heterocycles. The standard InChI is InChI=1S/C12H20O3/c1-15-12(14)11(7-8-13)9-10-5-3-2-4-6-10/h8,10-11H,2-7,9H2,1H3/t11-/m1/s1. The van der Waals surface area contributed by atoms with E-state index in [2.05, 4.69) is 0 Å². The predicted octanol–water partition coefficient (Wildman–Crippen LogP) is 2.33. The third-order valence-corrected chi connectivity index (χ3v) is 3.26. The third kappa shape index (κ3) is 4.02. The average Bonchev–Trinajstić information content (AvgIpc) is 2.29. The van der Waals surface area contributed by atoms with E-state index in [1.165, 1.54) is 39.2 Å². The molecule has 1 aliphatic carbocycles. The molecule has 0 N–H and O–H groups in total. The van der Waals surface area contributed by atoms with Crippen molar-refractivity contribution in [2.45, 2.75) is 44.9 Å². The molecular weight excluding hydrogens is 192 g/mol. The maximum Gasteiger partial charge on any atom is 0.309 e. The van der Waals surface area contributed by atoms with Crippen molar-refractivity contribution in [2.24, 2.45) is 11.8 Å². The van der Waals surface area contributed by atoms with Crippen molar-refractivity contribution in [1.29, 1.82) is 0 Å². The lowest BCUT2D eigenvalue weighted by atomic mass is 9.82. The number of hydrogen-bond donors (Lipinski definition) is 0. The summed E-state index contributed by atoms with van der Waals surface area (Å²) in [6.45, 7) is 0. The number of ether oxygens (including phenoxy) is 1. The Morgan fingerprint density at radius 1 is 1.40 bits per heavy atom. The Morgan fingerprint density at radius 3 is 2.60 bits per heavy atom. The summed E-state index contributed by atoms with van der Waals surface area (Å²) in [6, 6.07) is 0. The fourth-order valence-electron chi connectivity index (χ4n) is 2.40. The second kappa shape index (κ2) is 6.59. The molecule has 0 heterocycles. The summed E-state index contributed by atoms with van der Waals surface area (Å²) >= 11 is 0. The summed E-state index contributed by atoms with van der Waals surface area (Å²) in [5.74, 6) is 0.172. The molecule has 3 nitrogen and oxygen atoms in total. The summed E-state index contributed by atoms with van der Waals surface area (Å²) in [5.41, 5.74) is 0. The fourth-order valence-corrected chi connectivity index (χ4v) is 2.40. The molecule has 3 heteroatoms. The molecule has 15 heavy (non-hydrogen) atoms. The maximum atomic E-state index is 11.4. The SMILES string of the molecule is COC(=O)[C@H](CC=O)CC1CCCCC1. The van der Waals surface area contributed by atoms with E-state index in [0.29, 0.717) is 12.3 Å². The molecule has 0 radical (unpaired) electrons. The number of esters is 1. The van der Waals surface area contributed by atoms with Gasteiger partial charge in [-0.3, -0.25) is 4.79 Å². The maximum absolute atomic E-state index is 11.4. The van der Waals surface area contributed by atoms with Crippen molar-refractivity contribution in [2.75, 3.05) is 7.11 Å². The smallest absolute Gasteiger partial charge is 0.309 e. The molecule has 0 bridgehead atoms. The van der Waals surface area contributed by atoms with Crippen LogP contribution in [0.25, 0.3) is 0 Å². The Morgan fingerprint density at radius 2 is 2.07 bits per heavy atom. The van der Waals surface area contributed by atoms with E-state index < -0.39 is 0 Å². The molecule has 0 aromatic carbocycles. The van der Waals surface area contributed by atoms with Gasteiger partial charge in [0.1, 0.15) is 6.29 Å². The molecule has 0 saturated heterocycles. The van der Waals surface area contributed by atoms with Gasteiger partial charge in [0.25, 0.3) is 0 Å². The van der Waals surface area contributed by atoms with Gasteiger partial charge in [-0.15, -0.1) is 0 Å². The van der Waals surface area contributed by atoms with Crippen molar-refractivity contribution < 1.29 is 14.3 Å². The zero-order chi connectivity index (χ0) is 11.1. The first-order valence-corrected chi connectivity index (χ1v) is 5.79. The normalized spacial score (nSPS) is 19.5. The van der Waals surface area contributed by atoms with Crippen LogP contribution in [-0.2, 0) is 14.3 Å². The van der Waals surface area contributed by atoms with Crippen LogP contribution in [0.4, 0.5) is 0 Å². The van der Waals surface area contributed by atoms with Gasteiger partial charge in [0.05, 0.1) is 13.0 Å². The van der Waals surface area contributed by atoms with Crippen LogP contribution < -0.4 is 0 Å². The highest BCUT2D eigenvalue weighted by Gasteiger charge is 2.24. The van der Waals surface area contributed by atoms with E-state index in [-0.39, 0.29) is 11.9 Å². The van der Waals surface area contributed by atoms with E-state index in [4.69, 9.17) is 4.74 Å². The topological polar surface area (TPSA) is 43.4 Å². The second-order valence-electron chi connectivity index (χ2n) is 4.36. The number of carbonyl (C=O) groups excluding carboxylic acids is 2. The van der Waals surface area contributed by atoms with Gasteiger partial charge in [0.2, 0.25) is 0 Å². The summed E-state index contributed by atoms with van der Waals surface area (Å²) < 4.78 is 4.71. The highest BCUT2D eigenvalue weighted by atomic mass is 16.5. The van der Waals surface area contributed by atoms with E-state index >= 15 is 0 Å². The molecule has 1 rings (SSSR count). The predicted molar refractivity (Wildman–Crippen MR) is 57.4 cm³/mol. The first kappa shape index (κ1) is 12.2. The van der Waals surface area contributed by atoms with Crippen LogP contribution in [0, 0.1) is 11.8 Å². The first-order chi connectivity index (χ1) is 7.27. The summed E-state index contributed by atoms with van der Waals surface area (Å²) in [5, 5.41) is 0. The molecule has 86 valence electrons. The highest BCUT2D eigenvalue weighted by molar-refractivity contribution is 5.75. The zero-order valence-corrected chi connectivity index (χ0v) is 9.41. The van der Waals surface area contributed by atoms with Gasteiger partial charge in [-0.2, -0.15) is 0 Å². The van der Waals surface area contributed by atoms with E-state index in [0.717, 1.165) is 12.7 Å². The Bertz CT molecular complexity index is 207. The van der Waals surface area contributed by atoms with E-state index in [1.54, 1.807) is 0 Å². The van der Waals surface area contributed by atoms with Crippen LogP contribution in [0.15, 0.2) is 0 Å². The summed E-state index contributed by atoms with van der Waals surface area (Å²) in [7, 11) is 1.39. The van der Waals surface area contributed by atoms with Crippen LogP contribution in [-0.4, -0.2) is 19.4 Å². The molecule has 1 saturated carbocycles. The van der Waals surface area contributed by atoms with Gasteiger partial charge in [0.15, 0.2) is 0 Å². The van der Waals surface area contributed by atoms with Crippen LogP contribution >= 0.6 is 0 Å². The highest BCUT2D eigenvalue weighted by Crippen LogP contribution is 2.30. The average molecular weight is 212 g/mol. The lowest BCUT2D eigenvalue weighted by Gasteiger charge is -2.24. The minimum absolute atomic E-state index is 0.212. The second-order valence-corrected chi connectivity index (χ2v) is 4.36. The van der Waals surface area contributed by atoms with Crippen LogP contribution in [0.3, 0.4) is 0 Å². The van der Waals surface area contributed by atoms with Gasteiger partial charge < -0.3 is 9.53 Å². The van der Waals surface area contributed by atoms with Crippen molar-refractivity contribution in [3.63, 3.8) is 0 Å². The Labute approximate surface area is 91.2 Å². The largest absolute Gasteiger partial charge is 0.469 e. The fraction of sp³-hybridized carbons (Fsp3) is 0.833. The first-order valence-electron chi connectivity index (χ1n) is 5.79. The molecule has 0 amide bonds. The molecule has 0 unspecified atom stereocenters. The number of rotatable bonds is 5. The van der Waals surface area contributed by atoms with Gasteiger partial charge in [0, 0.05) is 6.42 Å². The molecule has 1 fully saturated rings. The molecule has 1 aliphatic rings. The molecule has 0 aromatic rings. The number of hydrogen-bond acceptors (Lipinski definition) is 3. The van der Waals surface area contributed by atoms with Crippen molar-refractivity contribution in [3.8, 4) is 0 Å². The van der Waals surface area contributed by atoms with Crippen molar-refractivity contribution in [3.05, 3.63) is 0 Å². The van der Waals surface area contributed by atoms with Gasteiger partial charge in [-0.05, 0) is 12.3 Å². The van der Waals surface area contributed by atoms with Gasteiger partial charge in [-0.1, -0.05) is 32.1 Å². The lowest BCUT2D eigenvalue weighted by molar-refractivity contribution is -0.147. The minimum atomic E-state index is -0.229. The Hall–Kier alpha value is -0.860. The monoisotopic (exact) mass is 212 g/mol. The minimum Gasteiger partial charge on any atom is -0.469 e. The molecule has 1 atom stereocenters. The third-order valence-electron chi connectivity index (χ3n) is 3.26. The van der Waals surface area contributed by atoms with Gasteiger partial charge >= 0.3 is 5.97 Å². The number of aldehydes is 1. The van der Waals surface area contributed by atoms with Crippen molar-refractivity contribution in [1.82, 2.24) is 0 Å². The zero-order valence-electron chi connectivity index (χ0n) is 9.41. The Kier molecular flexibility index (Phi) is 5.37.